The molecule has 1 unspecified atom stereocenters. The van der Waals surface area contributed by atoms with Crippen molar-refractivity contribution in [3.8, 4) is 11.3 Å². The van der Waals surface area contributed by atoms with Gasteiger partial charge in [0.15, 0.2) is 0 Å². The number of aromatic nitrogens is 5. The number of anilines is 1. The minimum atomic E-state index is -0.145. The maximum absolute atomic E-state index is 12.5. The maximum Gasteiger partial charge on any atom is 0.272 e. The van der Waals surface area contributed by atoms with Crippen LogP contribution in [0.4, 0.5) is 5.95 Å². The van der Waals surface area contributed by atoms with E-state index in [0.717, 1.165) is 35.7 Å². The van der Waals surface area contributed by atoms with Crippen molar-refractivity contribution < 1.29 is 4.79 Å². The van der Waals surface area contributed by atoms with Crippen LogP contribution in [0.2, 0.25) is 0 Å². The zero-order valence-corrected chi connectivity index (χ0v) is 15.3. The van der Waals surface area contributed by atoms with Gasteiger partial charge in [-0.15, -0.1) is 0 Å². The highest BCUT2D eigenvalue weighted by molar-refractivity contribution is 5.93. The third-order valence-electron chi connectivity index (χ3n) is 4.62. The fourth-order valence-electron chi connectivity index (χ4n) is 3.32. The molecule has 8 heteroatoms. The molecule has 3 aromatic heterocycles. The second-order valence-corrected chi connectivity index (χ2v) is 6.68. The highest BCUT2D eigenvalue weighted by Crippen LogP contribution is 2.21. The monoisotopic (exact) mass is 363 g/mol. The Kier molecular flexibility index (Phi) is 4.53. The van der Waals surface area contributed by atoms with E-state index in [0.29, 0.717) is 18.2 Å². The lowest BCUT2D eigenvalue weighted by Gasteiger charge is -2.17. The highest BCUT2D eigenvalue weighted by atomic mass is 16.2. The first kappa shape index (κ1) is 17.1. The van der Waals surface area contributed by atoms with Crippen molar-refractivity contribution in [2.24, 2.45) is 0 Å². The molecule has 1 saturated heterocycles. The summed E-state index contributed by atoms with van der Waals surface area (Å²) in [6, 6.07) is 5.77. The lowest BCUT2D eigenvalue weighted by atomic mass is 10.2. The van der Waals surface area contributed by atoms with Crippen LogP contribution in [-0.2, 0) is 0 Å². The van der Waals surface area contributed by atoms with Gasteiger partial charge in [0.05, 0.1) is 5.69 Å². The number of nitrogens with zero attached hydrogens (tertiary/aromatic N) is 5. The molecule has 2 N–H and O–H groups in total. The molecular weight excluding hydrogens is 342 g/mol. The molecule has 8 nitrogen and oxygen atoms in total. The average Bonchev–Trinajstić information content (AvgIpc) is 3.28. The molecule has 0 bridgehead atoms. The van der Waals surface area contributed by atoms with E-state index in [1.54, 1.807) is 18.6 Å². The smallest absolute Gasteiger partial charge is 0.272 e. The Morgan fingerprint density at radius 3 is 2.89 bits per heavy atom. The standard InChI is InChI=1S/C19H21N7O/c1-12-17(23-13(2)22-12)18(27)24-15-6-9-26(11-15)19-21-8-5-16(25-19)14-4-3-7-20-10-14/h3-5,7-8,10,15H,6,9,11H2,1-2H3,(H,22,23)(H,24,27). The molecule has 4 heterocycles. The summed E-state index contributed by atoms with van der Waals surface area (Å²) in [5.41, 5.74) is 3.03. The minimum absolute atomic E-state index is 0.0413. The summed E-state index contributed by atoms with van der Waals surface area (Å²) in [7, 11) is 0. The summed E-state index contributed by atoms with van der Waals surface area (Å²) < 4.78 is 0. The van der Waals surface area contributed by atoms with E-state index in [9.17, 15) is 4.79 Å². The molecule has 1 atom stereocenters. The third-order valence-corrected chi connectivity index (χ3v) is 4.62. The summed E-state index contributed by atoms with van der Waals surface area (Å²) >= 11 is 0. The van der Waals surface area contributed by atoms with Crippen LogP contribution in [0.15, 0.2) is 36.8 Å². The lowest BCUT2D eigenvalue weighted by molar-refractivity contribution is 0.0935. The summed E-state index contributed by atoms with van der Waals surface area (Å²) in [6.45, 7) is 5.16. The Hall–Kier alpha value is -3.29. The maximum atomic E-state index is 12.5. The van der Waals surface area contributed by atoms with Crippen LogP contribution in [-0.4, -0.2) is 50.0 Å². The van der Waals surface area contributed by atoms with Gasteiger partial charge in [-0.05, 0) is 38.5 Å². The summed E-state index contributed by atoms with van der Waals surface area (Å²) in [5, 5.41) is 3.07. The molecule has 1 amide bonds. The molecular formula is C19H21N7O. The van der Waals surface area contributed by atoms with Crippen LogP contribution in [0.25, 0.3) is 11.3 Å². The molecule has 0 aromatic carbocycles. The first-order valence-electron chi connectivity index (χ1n) is 8.92. The number of pyridine rings is 1. The van der Waals surface area contributed by atoms with Crippen molar-refractivity contribution in [3.63, 3.8) is 0 Å². The fourth-order valence-corrected chi connectivity index (χ4v) is 3.32. The van der Waals surface area contributed by atoms with Gasteiger partial charge >= 0.3 is 0 Å². The molecule has 0 radical (unpaired) electrons. The number of H-pyrrole nitrogens is 1. The quantitative estimate of drug-likeness (QED) is 0.734. The molecule has 1 aliphatic rings. The highest BCUT2D eigenvalue weighted by Gasteiger charge is 2.27. The van der Waals surface area contributed by atoms with Gasteiger partial charge in [-0.25, -0.2) is 15.0 Å². The van der Waals surface area contributed by atoms with E-state index in [2.05, 4.69) is 35.1 Å². The summed E-state index contributed by atoms with van der Waals surface area (Å²) in [4.78, 5) is 35.1. The normalized spacial score (nSPS) is 16.5. The number of amides is 1. The first-order valence-corrected chi connectivity index (χ1v) is 8.92. The van der Waals surface area contributed by atoms with Crippen molar-refractivity contribution >= 4 is 11.9 Å². The Balaban J connectivity index is 1.44. The van der Waals surface area contributed by atoms with E-state index < -0.39 is 0 Å². The zero-order chi connectivity index (χ0) is 18.8. The van der Waals surface area contributed by atoms with Crippen LogP contribution < -0.4 is 10.2 Å². The van der Waals surface area contributed by atoms with Crippen molar-refractivity contribution in [3.05, 3.63) is 54.0 Å². The summed E-state index contributed by atoms with van der Waals surface area (Å²) in [5.74, 6) is 1.26. The molecule has 1 aliphatic heterocycles. The second-order valence-electron chi connectivity index (χ2n) is 6.68. The minimum Gasteiger partial charge on any atom is -0.346 e. The van der Waals surface area contributed by atoms with E-state index in [1.807, 2.05) is 32.0 Å². The largest absolute Gasteiger partial charge is 0.346 e. The van der Waals surface area contributed by atoms with Crippen LogP contribution in [0, 0.1) is 13.8 Å². The molecule has 0 aliphatic carbocycles. The Labute approximate surface area is 157 Å². The zero-order valence-electron chi connectivity index (χ0n) is 15.3. The number of carbonyl (C=O) groups excluding carboxylic acids is 1. The third kappa shape index (κ3) is 3.64. The Morgan fingerprint density at radius 1 is 1.26 bits per heavy atom. The van der Waals surface area contributed by atoms with Crippen LogP contribution in [0.3, 0.4) is 0 Å². The first-order chi connectivity index (χ1) is 13.1. The molecule has 4 rings (SSSR count). The van der Waals surface area contributed by atoms with Crippen LogP contribution in [0.5, 0.6) is 0 Å². The average molecular weight is 363 g/mol. The molecule has 138 valence electrons. The van der Waals surface area contributed by atoms with E-state index in [1.165, 1.54) is 0 Å². The van der Waals surface area contributed by atoms with E-state index in [4.69, 9.17) is 0 Å². The van der Waals surface area contributed by atoms with Gasteiger partial charge in [0.2, 0.25) is 5.95 Å². The topological polar surface area (TPSA) is 99.7 Å². The van der Waals surface area contributed by atoms with Crippen molar-refractivity contribution in [2.75, 3.05) is 18.0 Å². The van der Waals surface area contributed by atoms with Crippen molar-refractivity contribution in [1.82, 2.24) is 30.2 Å². The van der Waals surface area contributed by atoms with Gasteiger partial charge in [-0.3, -0.25) is 9.78 Å². The number of imidazole rings is 1. The van der Waals surface area contributed by atoms with Gasteiger partial charge in [0.1, 0.15) is 11.5 Å². The second kappa shape index (κ2) is 7.14. The molecule has 27 heavy (non-hydrogen) atoms. The fraction of sp³-hybridized carbons (Fsp3) is 0.316. The van der Waals surface area contributed by atoms with Gasteiger partial charge in [0, 0.05) is 49.0 Å². The van der Waals surface area contributed by atoms with Crippen LogP contribution >= 0.6 is 0 Å². The Morgan fingerprint density at radius 2 is 2.15 bits per heavy atom. The van der Waals surface area contributed by atoms with Gasteiger partial charge < -0.3 is 15.2 Å². The number of hydrogen-bond acceptors (Lipinski definition) is 6. The van der Waals surface area contributed by atoms with Crippen LogP contribution in [0.1, 0.15) is 28.4 Å². The number of carbonyl (C=O) groups is 1. The van der Waals surface area contributed by atoms with Gasteiger partial charge in [-0.1, -0.05) is 0 Å². The van der Waals surface area contributed by atoms with Gasteiger partial charge in [0.25, 0.3) is 5.91 Å². The molecule has 3 aromatic rings. The summed E-state index contributed by atoms with van der Waals surface area (Å²) in [6.07, 6.45) is 6.12. The number of aryl methyl sites for hydroxylation is 2. The predicted octanol–water partition coefficient (Wildman–Crippen LogP) is 1.89. The van der Waals surface area contributed by atoms with E-state index >= 15 is 0 Å². The number of hydrogen-bond donors (Lipinski definition) is 2. The Bertz CT molecular complexity index is 954. The molecule has 1 fully saturated rings. The van der Waals surface area contributed by atoms with Crippen molar-refractivity contribution in [2.45, 2.75) is 26.3 Å². The molecule has 0 spiro atoms. The number of rotatable bonds is 4. The van der Waals surface area contributed by atoms with Crippen molar-refractivity contribution in [1.29, 1.82) is 0 Å². The SMILES string of the molecule is Cc1nc(C(=O)NC2CCN(c3nccc(-c4cccnc4)n3)C2)c(C)[nH]1. The van der Waals surface area contributed by atoms with E-state index in [-0.39, 0.29) is 11.9 Å². The lowest BCUT2D eigenvalue weighted by Crippen LogP contribution is -2.37. The van der Waals surface area contributed by atoms with Gasteiger partial charge in [-0.2, -0.15) is 0 Å². The number of nitrogens with one attached hydrogen (secondary N) is 2. The number of aromatic amines is 1. The molecule has 0 saturated carbocycles. The predicted molar refractivity (Wildman–Crippen MR) is 101 cm³/mol.